The van der Waals surface area contributed by atoms with Crippen LogP contribution >= 0.6 is 0 Å². The highest BCUT2D eigenvalue weighted by Crippen LogP contribution is 2.51. The fourth-order valence-corrected chi connectivity index (χ4v) is 1.92. The fraction of sp³-hybridized carbons (Fsp3) is 0.929. The van der Waals surface area contributed by atoms with Crippen molar-refractivity contribution in [3.8, 4) is 0 Å². The Balaban J connectivity index is 5.69. The average molecular weight is 334 g/mol. The van der Waals surface area contributed by atoms with Crippen LogP contribution in [-0.2, 0) is 9.53 Å². The third-order valence-electron chi connectivity index (χ3n) is 3.73. The van der Waals surface area contributed by atoms with Crippen molar-refractivity contribution in [3.63, 3.8) is 0 Å². The molecule has 0 saturated carbocycles. The Hall–Kier alpha value is -0.920. The van der Waals surface area contributed by atoms with Crippen LogP contribution in [-0.4, -0.2) is 34.4 Å². The molecule has 0 heterocycles. The topological polar surface area (TPSA) is 46.5 Å². The van der Waals surface area contributed by atoms with Gasteiger partial charge >= 0.3 is 18.1 Å². The molecular formula is C14H23F5O3. The van der Waals surface area contributed by atoms with Crippen LogP contribution in [0.1, 0.15) is 53.9 Å². The molecule has 0 spiro atoms. The summed E-state index contributed by atoms with van der Waals surface area (Å²) in [6.45, 7) is 5.60. The van der Waals surface area contributed by atoms with Gasteiger partial charge < -0.3 is 9.84 Å². The quantitative estimate of drug-likeness (QED) is 0.564. The second-order valence-electron chi connectivity index (χ2n) is 5.92. The molecule has 0 aliphatic rings. The lowest BCUT2D eigenvalue weighted by atomic mass is 9.80. The summed E-state index contributed by atoms with van der Waals surface area (Å²) in [6, 6.07) is 0. The summed E-state index contributed by atoms with van der Waals surface area (Å²) in [4.78, 5) is 11.7. The molecular weight excluding hydrogens is 311 g/mol. The van der Waals surface area contributed by atoms with Crippen molar-refractivity contribution >= 4 is 5.97 Å². The van der Waals surface area contributed by atoms with Crippen molar-refractivity contribution in [2.45, 2.75) is 77.2 Å². The summed E-state index contributed by atoms with van der Waals surface area (Å²) in [7, 11) is 0. The van der Waals surface area contributed by atoms with Crippen LogP contribution in [0.4, 0.5) is 22.0 Å². The van der Waals surface area contributed by atoms with E-state index in [9.17, 15) is 31.9 Å². The summed E-state index contributed by atoms with van der Waals surface area (Å²) >= 11 is 0. The van der Waals surface area contributed by atoms with Gasteiger partial charge in [0.2, 0.25) is 5.60 Å². The maximum absolute atomic E-state index is 14.4. The summed E-state index contributed by atoms with van der Waals surface area (Å²) in [5.41, 5.74) is -7.08. The third kappa shape index (κ3) is 3.70. The van der Waals surface area contributed by atoms with Gasteiger partial charge in [0.05, 0.1) is 5.92 Å². The van der Waals surface area contributed by atoms with Gasteiger partial charge in [-0.1, -0.05) is 27.2 Å². The molecule has 132 valence electrons. The maximum Gasteiger partial charge on any atom is 0.423 e. The molecule has 0 rings (SSSR count). The van der Waals surface area contributed by atoms with Crippen LogP contribution in [0.25, 0.3) is 0 Å². The van der Waals surface area contributed by atoms with Gasteiger partial charge in [0.25, 0.3) is 0 Å². The average Bonchev–Trinajstić information content (AvgIpc) is 2.35. The van der Waals surface area contributed by atoms with Crippen LogP contribution < -0.4 is 0 Å². The van der Waals surface area contributed by atoms with Crippen LogP contribution in [0.5, 0.6) is 0 Å². The Bertz CT molecular complexity index is 392. The van der Waals surface area contributed by atoms with Crippen molar-refractivity contribution in [2.24, 2.45) is 5.92 Å². The summed E-state index contributed by atoms with van der Waals surface area (Å²) in [5, 5.41) is 9.65. The molecule has 0 aliphatic heterocycles. The minimum atomic E-state index is -5.56. The maximum atomic E-state index is 14.4. The molecule has 0 aromatic heterocycles. The Morgan fingerprint density at radius 1 is 1.14 bits per heavy atom. The largest absolute Gasteiger partial charge is 0.453 e. The van der Waals surface area contributed by atoms with E-state index in [2.05, 4.69) is 4.74 Å². The zero-order chi connectivity index (χ0) is 18.0. The van der Waals surface area contributed by atoms with Crippen LogP contribution in [0.15, 0.2) is 0 Å². The van der Waals surface area contributed by atoms with E-state index < -0.39 is 41.6 Å². The number of alkyl halides is 5. The molecule has 0 aromatic carbocycles. The van der Waals surface area contributed by atoms with Gasteiger partial charge in [-0.15, -0.1) is 0 Å². The number of carbonyl (C=O) groups excluding carboxylic acids is 1. The Kier molecular flexibility index (Phi) is 6.40. The van der Waals surface area contributed by atoms with E-state index >= 15 is 0 Å². The summed E-state index contributed by atoms with van der Waals surface area (Å²) < 4.78 is 72.4. The normalized spacial score (nSPS) is 17.8. The lowest BCUT2D eigenvalue weighted by Crippen LogP contribution is -2.67. The molecule has 8 heteroatoms. The van der Waals surface area contributed by atoms with E-state index in [0.29, 0.717) is 20.3 Å². The second kappa shape index (κ2) is 6.68. The number of ether oxygens (including phenoxy) is 1. The van der Waals surface area contributed by atoms with E-state index in [0.717, 1.165) is 0 Å². The second-order valence-corrected chi connectivity index (χ2v) is 5.92. The predicted molar refractivity (Wildman–Crippen MR) is 70.5 cm³/mol. The Labute approximate surface area is 126 Å². The first-order valence-electron chi connectivity index (χ1n) is 7.07. The fourth-order valence-electron chi connectivity index (χ4n) is 1.92. The molecule has 0 radical (unpaired) electrons. The van der Waals surface area contributed by atoms with Gasteiger partial charge in [0.1, 0.15) is 0 Å². The first-order valence-corrected chi connectivity index (χ1v) is 7.07. The number of esters is 1. The van der Waals surface area contributed by atoms with Gasteiger partial charge in [-0.2, -0.15) is 22.0 Å². The Morgan fingerprint density at radius 3 is 1.91 bits per heavy atom. The molecule has 2 atom stereocenters. The molecule has 0 aromatic rings. The van der Waals surface area contributed by atoms with Crippen molar-refractivity contribution in [1.82, 2.24) is 0 Å². The van der Waals surface area contributed by atoms with Gasteiger partial charge in [-0.3, -0.25) is 4.79 Å². The standard InChI is InChI=1S/C14H23F5O3/c1-6-8-12(21,14(17,18)19)13(15,16)11(4,5)22-10(20)9(3)7-2/h9,21H,6-8H2,1-5H3. The lowest BCUT2D eigenvalue weighted by molar-refractivity contribution is -0.366. The van der Waals surface area contributed by atoms with Crippen LogP contribution in [0.2, 0.25) is 0 Å². The number of hydrogen-bond donors (Lipinski definition) is 1. The van der Waals surface area contributed by atoms with Gasteiger partial charge in [0.15, 0.2) is 5.60 Å². The third-order valence-corrected chi connectivity index (χ3v) is 3.73. The van der Waals surface area contributed by atoms with Crippen molar-refractivity contribution in [2.75, 3.05) is 0 Å². The summed E-state index contributed by atoms with van der Waals surface area (Å²) in [5.74, 6) is -6.48. The Morgan fingerprint density at radius 2 is 1.59 bits per heavy atom. The monoisotopic (exact) mass is 334 g/mol. The SMILES string of the molecule is CCCC(O)(C(F)(F)F)C(F)(F)C(C)(C)OC(=O)C(C)CC. The number of carbonyl (C=O) groups is 1. The van der Waals surface area contributed by atoms with E-state index in [-0.39, 0.29) is 6.42 Å². The molecule has 22 heavy (non-hydrogen) atoms. The van der Waals surface area contributed by atoms with E-state index in [1.807, 2.05) is 0 Å². The summed E-state index contributed by atoms with van der Waals surface area (Å²) in [6.07, 6.45) is -6.79. The molecule has 3 nitrogen and oxygen atoms in total. The number of aliphatic hydroxyl groups is 1. The number of hydrogen-bond acceptors (Lipinski definition) is 3. The van der Waals surface area contributed by atoms with Crippen LogP contribution in [0, 0.1) is 5.92 Å². The van der Waals surface area contributed by atoms with Crippen molar-refractivity contribution in [1.29, 1.82) is 0 Å². The predicted octanol–water partition coefficient (Wildman–Crippen LogP) is 4.08. The van der Waals surface area contributed by atoms with Gasteiger partial charge in [-0.25, -0.2) is 0 Å². The molecule has 0 aliphatic carbocycles. The van der Waals surface area contributed by atoms with Gasteiger partial charge in [-0.05, 0) is 26.7 Å². The zero-order valence-corrected chi connectivity index (χ0v) is 13.4. The number of rotatable bonds is 7. The highest BCUT2D eigenvalue weighted by atomic mass is 19.4. The van der Waals surface area contributed by atoms with E-state index in [4.69, 9.17) is 0 Å². The first-order chi connectivity index (χ1) is 9.68. The molecule has 0 fully saturated rings. The van der Waals surface area contributed by atoms with E-state index in [1.54, 1.807) is 6.92 Å². The minimum absolute atomic E-state index is 0.291. The van der Waals surface area contributed by atoms with Crippen molar-refractivity contribution < 1.29 is 36.6 Å². The zero-order valence-electron chi connectivity index (χ0n) is 13.4. The first kappa shape index (κ1) is 21.1. The van der Waals surface area contributed by atoms with Crippen LogP contribution in [0.3, 0.4) is 0 Å². The lowest BCUT2D eigenvalue weighted by Gasteiger charge is -2.44. The van der Waals surface area contributed by atoms with E-state index in [1.165, 1.54) is 13.8 Å². The molecule has 2 unspecified atom stereocenters. The van der Waals surface area contributed by atoms with Crippen molar-refractivity contribution in [3.05, 3.63) is 0 Å². The molecule has 0 amide bonds. The smallest absolute Gasteiger partial charge is 0.423 e. The highest BCUT2D eigenvalue weighted by molar-refractivity contribution is 5.72. The number of halogens is 5. The highest BCUT2D eigenvalue weighted by Gasteiger charge is 2.74. The molecule has 0 bridgehead atoms. The van der Waals surface area contributed by atoms with Gasteiger partial charge in [0, 0.05) is 0 Å². The molecule has 0 saturated heterocycles. The minimum Gasteiger partial charge on any atom is -0.453 e. The molecule has 1 N–H and O–H groups in total.